The fourth-order valence-electron chi connectivity index (χ4n) is 7.08. The number of hydrogen-bond donors (Lipinski definition) is 2. The van der Waals surface area contributed by atoms with Gasteiger partial charge in [-0.15, -0.1) is 0 Å². The Balaban J connectivity index is 0.000000147. The highest BCUT2D eigenvalue weighted by molar-refractivity contribution is 6.10. The third kappa shape index (κ3) is 4.84. The van der Waals surface area contributed by atoms with Crippen molar-refractivity contribution in [1.82, 2.24) is 10.6 Å². The molecule has 4 aromatic carbocycles. The first-order valence-electron chi connectivity index (χ1n) is 15.8. The van der Waals surface area contributed by atoms with Crippen molar-refractivity contribution in [2.45, 2.75) is 37.8 Å². The van der Waals surface area contributed by atoms with E-state index in [0.717, 1.165) is 60.2 Å². The quantitative estimate of drug-likeness (QED) is 0.325. The standard InChI is InChI=1S/2C19H20N2O2/c2*1-13-3-8-16-17(9-13)21(18(22)19(16)11-20-12-19)10-14-4-6-15(23-2)7-5-14/h2*3-9,20H,10-12H2,1-2H3. The summed E-state index contributed by atoms with van der Waals surface area (Å²) in [5, 5.41) is 6.53. The Kier molecular flexibility index (Phi) is 7.57. The minimum absolute atomic E-state index is 0.215. The molecule has 0 saturated carbocycles. The molecule has 8 heteroatoms. The van der Waals surface area contributed by atoms with Crippen LogP contribution in [0.2, 0.25) is 0 Å². The van der Waals surface area contributed by atoms with Gasteiger partial charge < -0.3 is 29.9 Å². The molecule has 4 heterocycles. The number of ether oxygens (including phenoxy) is 2. The molecule has 0 unspecified atom stereocenters. The van der Waals surface area contributed by atoms with Gasteiger partial charge in [0.1, 0.15) is 22.3 Å². The second-order valence-corrected chi connectivity index (χ2v) is 12.9. The monoisotopic (exact) mass is 616 g/mol. The third-order valence-corrected chi connectivity index (χ3v) is 9.93. The van der Waals surface area contributed by atoms with Crippen LogP contribution in [0.3, 0.4) is 0 Å². The van der Waals surface area contributed by atoms with E-state index in [-0.39, 0.29) is 22.6 Å². The molecule has 0 aromatic heterocycles. The van der Waals surface area contributed by atoms with Crippen LogP contribution in [0.15, 0.2) is 84.9 Å². The Bertz CT molecular complexity index is 1660. The fraction of sp³-hybridized carbons (Fsp3) is 0.316. The minimum Gasteiger partial charge on any atom is -0.497 e. The summed E-state index contributed by atoms with van der Waals surface area (Å²) < 4.78 is 10.4. The summed E-state index contributed by atoms with van der Waals surface area (Å²) in [6.45, 7) is 8.28. The van der Waals surface area contributed by atoms with Gasteiger partial charge in [-0.3, -0.25) is 9.59 Å². The first-order valence-corrected chi connectivity index (χ1v) is 15.8. The van der Waals surface area contributed by atoms with Gasteiger partial charge in [0, 0.05) is 37.6 Å². The van der Waals surface area contributed by atoms with Gasteiger partial charge in [0.15, 0.2) is 0 Å². The number of carbonyl (C=O) groups is 2. The van der Waals surface area contributed by atoms with E-state index in [4.69, 9.17) is 9.47 Å². The Morgan fingerprint density at radius 1 is 0.587 bits per heavy atom. The Hall–Kier alpha value is -4.66. The summed E-state index contributed by atoms with van der Waals surface area (Å²) in [6.07, 6.45) is 0. The van der Waals surface area contributed by atoms with Crippen molar-refractivity contribution in [3.63, 3.8) is 0 Å². The summed E-state index contributed by atoms with van der Waals surface area (Å²) in [4.78, 5) is 30.0. The zero-order chi connectivity index (χ0) is 32.1. The van der Waals surface area contributed by atoms with Crippen molar-refractivity contribution >= 4 is 23.2 Å². The Morgan fingerprint density at radius 2 is 0.957 bits per heavy atom. The second kappa shape index (κ2) is 11.6. The number of rotatable bonds is 6. The third-order valence-electron chi connectivity index (χ3n) is 9.93. The van der Waals surface area contributed by atoms with Crippen LogP contribution in [-0.2, 0) is 33.5 Å². The molecule has 236 valence electrons. The molecular formula is C38H40N4O4. The summed E-state index contributed by atoms with van der Waals surface area (Å²) in [7, 11) is 3.32. The van der Waals surface area contributed by atoms with Crippen LogP contribution in [0.4, 0.5) is 11.4 Å². The van der Waals surface area contributed by atoms with Crippen LogP contribution in [0.25, 0.3) is 0 Å². The number of anilines is 2. The van der Waals surface area contributed by atoms with Crippen molar-refractivity contribution in [2.24, 2.45) is 0 Å². The maximum Gasteiger partial charge on any atom is 0.240 e. The van der Waals surface area contributed by atoms with Gasteiger partial charge >= 0.3 is 0 Å². The number of nitrogens with one attached hydrogen (secondary N) is 2. The molecule has 2 amide bonds. The molecule has 8 nitrogen and oxygen atoms in total. The molecule has 0 atom stereocenters. The van der Waals surface area contributed by atoms with E-state index in [0.29, 0.717) is 13.1 Å². The van der Waals surface area contributed by atoms with E-state index in [1.54, 1.807) is 14.2 Å². The zero-order valence-corrected chi connectivity index (χ0v) is 26.9. The van der Waals surface area contributed by atoms with Crippen molar-refractivity contribution in [1.29, 1.82) is 0 Å². The zero-order valence-electron chi connectivity index (χ0n) is 26.9. The SMILES string of the molecule is COc1ccc(CN2C(=O)C3(CNC3)c3ccc(C)cc32)cc1.COc1ccc(CN2C(=O)C3(CNC3)c3ccc(C)cc32)cc1. The topological polar surface area (TPSA) is 83.1 Å². The lowest BCUT2D eigenvalue weighted by Gasteiger charge is -2.38. The van der Waals surface area contributed by atoms with E-state index in [1.807, 2.05) is 58.3 Å². The van der Waals surface area contributed by atoms with Crippen LogP contribution in [0.5, 0.6) is 11.5 Å². The van der Waals surface area contributed by atoms with Crippen LogP contribution >= 0.6 is 0 Å². The van der Waals surface area contributed by atoms with E-state index in [9.17, 15) is 9.59 Å². The fourth-order valence-corrected chi connectivity index (χ4v) is 7.08. The smallest absolute Gasteiger partial charge is 0.240 e. The molecule has 4 aliphatic rings. The second-order valence-electron chi connectivity index (χ2n) is 12.9. The van der Waals surface area contributed by atoms with E-state index in [2.05, 4.69) is 60.9 Å². The van der Waals surface area contributed by atoms with Gasteiger partial charge in [0.25, 0.3) is 0 Å². The Labute approximate surface area is 270 Å². The number of amides is 2. The molecule has 8 rings (SSSR count). The normalized spacial score (nSPS) is 18.0. The molecule has 0 radical (unpaired) electrons. The molecule has 2 saturated heterocycles. The Morgan fingerprint density at radius 3 is 1.26 bits per heavy atom. The number of carbonyl (C=O) groups excluding carboxylic acids is 2. The van der Waals surface area contributed by atoms with Crippen LogP contribution in [0, 0.1) is 13.8 Å². The van der Waals surface area contributed by atoms with Gasteiger partial charge in [-0.1, -0.05) is 48.5 Å². The summed E-state index contributed by atoms with van der Waals surface area (Å²) in [5.41, 5.74) is 8.33. The highest BCUT2D eigenvalue weighted by atomic mass is 16.5. The van der Waals surface area contributed by atoms with Gasteiger partial charge in [-0.05, 0) is 83.6 Å². The molecule has 2 fully saturated rings. The lowest BCUT2D eigenvalue weighted by Crippen LogP contribution is -2.61. The van der Waals surface area contributed by atoms with Crippen LogP contribution in [0.1, 0.15) is 33.4 Å². The van der Waals surface area contributed by atoms with E-state index in [1.165, 1.54) is 22.3 Å². The summed E-state index contributed by atoms with van der Waals surface area (Å²) >= 11 is 0. The maximum absolute atomic E-state index is 13.1. The molecule has 4 aliphatic heterocycles. The average Bonchev–Trinajstić information content (AvgIpc) is 3.42. The first-order chi connectivity index (χ1) is 22.3. The lowest BCUT2D eigenvalue weighted by atomic mass is 9.76. The molecular weight excluding hydrogens is 576 g/mol. The number of nitrogens with zero attached hydrogens (tertiary/aromatic N) is 2. The van der Waals surface area contributed by atoms with Gasteiger partial charge in [-0.25, -0.2) is 0 Å². The highest BCUT2D eigenvalue weighted by Gasteiger charge is 2.55. The maximum atomic E-state index is 13.1. The lowest BCUT2D eigenvalue weighted by molar-refractivity contribution is -0.125. The molecule has 4 aromatic rings. The highest BCUT2D eigenvalue weighted by Crippen LogP contribution is 2.46. The predicted molar refractivity (Wildman–Crippen MR) is 180 cm³/mol. The predicted octanol–water partition coefficient (Wildman–Crippen LogP) is 4.78. The first kappa shape index (κ1) is 30.0. The molecule has 2 N–H and O–H groups in total. The van der Waals surface area contributed by atoms with Gasteiger partial charge in [-0.2, -0.15) is 0 Å². The van der Waals surface area contributed by atoms with Crippen molar-refractivity contribution < 1.29 is 19.1 Å². The van der Waals surface area contributed by atoms with Crippen molar-refractivity contribution in [3.05, 3.63) is 118 Å². The molecule has 46 heavy (non-hydrogen) atoms. The number of aryl methyl sites for hydroxylation is 2. The number of benzene rings is 4. The summed E-state index contributed by atoms with van der Waals surface area (Å²) in [6, 6.07) is 28.5. The van der Waals surface area contributed by atoms with Crippen molar-refractivity contribution in [3.8, 4) is 11.5 Å². The van der Waals surface area contributed by atoms with Crippen LogP contribution < -0.4 is 29.9 Å². The van der Waals surface area contributed by atoms with E-state index < -0.39 is 0 Å². The van der Waals surface area contributed by atoms with Gasteiger partial charge in [0.05, 0.1) is 27.3 Å². The molecule has 2 spiro atoms. The minimum atomic E-state index is -0.352. The number of hydrogen-bond acceptors (Lipinski definition) is 6. The largest absolute Gasteiger partial charge is 0.497 e. The molecule has 0 bridgehead atoms. The van der Waals surface area contributed by atoms with Gasteiger partial charge in [0.2, 0.25) is 11.8 Å². The van der Waals surface area contributed by atoms with Crippen LogP contribution in [-0.4, -0.2) is 52.2 Å². The molecule has 0 aliphatic carbocycles. The average molecular weight is 617 g/mol. The van der Waals surface area contributed by atoms with E-state index >= 15 is 0 Å². The summed E-state index contributed by atoms with van der Waals surface area (Å²) in [5.74, 6) is 2.09. The van der Waals surface area contributed by atoms with Crippen molar-refractivity contribution in [2.75, 3.05) is 50.2 Å². The number of fused-ring (bicyclic) bond motifs is 4. The number of methoxy groups -OCH3 is 2.